The summed E-state index contributed by atoms with van der Waals surface area (Å²) in [6.45, 7) is 6.25. The van der Waals surface area contributed by atoms with Crippen LogP contribution in [0.1, 0.15) is 38.3 Å². The second-order valence-corrected chi connectivity index (χ2v) is 7.63. The fraction of sp³-hybridized carbons (Fsp3) is 0.304. The first-order valence-electron chi connectivity index (χ1n) is 10.2. The molecule has 9 heteroatoms. The Morgan fingerprint density at radius 2 is 2.03 bits per heavy atom. The molecular formula is C23H25ClN4O4. The van der Waals surface area contributed by atoms with Crippen molar-refractivity contribution in [3.63, 3.8) is 0 Å². The third-order valence-corrected chi connectivity index (χ3v) is 4.85. The molecule has 3 rings (SSSR count). The van der Waals surface area contributed by atoms with E-state index in [9.17, 15) is 4.79 Å². The number of nitrogens with one attached hydrogen (secondary N) is 1. The summed E-state index contributed by atoms with van der Waals surface area (Å²) in [6.07, 6.45) is 6.38. The quantitative estimate of drug-likeness (QED) is 0.465. The molecule has 1 amide bonds. The van der Waals surface area contributed by atoms with Gasteiger partial charge in [0.1, 0.15) is 6.04 Å². The zero-order valence-corrected chi connectivity index (χ0v) is 19.1. The Morgan fingerprint density at radius 1 is 1.28 bits per heavy atom. The van der Waals surface area contributed by atoms with Gasteiger partial charge in [0.05, 0.1) is 18.7 Å². The molecule has 0 aliphatic rings. The summed E-state index contributed by atoms with van der Waals surface area (Å²) in [4.78, 5) is 21.0. The zero-order valence-electron chi connectivity index (χ0n) is 18.3. The number of aromatic nitrogens is 3. The van der Waals surface area contributed by atoms with Crippen molar-refractivity contribution >= 4 is 23.6 Å². The van der Waals surface area contributed by atoms with Crippen molar-refractivity contribution in [3.05, 3.63) is 59.2 Å². The van der Waals surface area contributed by atoms with E-state index in [0.29, 0.717) is 40.4 Å². The number of carbonyl (C=O) groups is 1. The molecule has 1 unspecified atom stereocenters. The van der Waals surface area contributed by atoms with Crippen LogP contribution in [-0.2, 0) is 4.79 Å². The van der Waals surface area contributed by atoms with Crippen molar-refractivity contribution in [2.24, 2.45) is 5.92 Å². The molecule has 2 aromatic heterocycles. The Bertz CT molecular complexity index is 1080. The smallest absolute Gasteiger partial charge is 0.249 e. The molecule has 0 saturated carbocycles. The minimum atomic E-state index is -0.450. The highest BCUT2D eigenvalue weighted by molar-refractivity contribution is 6.32. The number of ether oxygens (including phenoxy) is 2. The van der Waals surface area contributed by atoms with Crippen molar-refractivity contribution in [1.29, 1.82) is 0 Å². The number of rotatable bonds is 9. The van der Waals surface area contributed by atoms with E-state index < -0.39 is 6.04 Å². The van der Waals surface area contributed by atoms with E-state index >= 15 is 0 Å². The molecule has 0 aliphatic heterocycles. The number of carbonyl (C=O) groups excluding carboxylic acids is 1. The number of methoxy groups -OCH3 is 1. The summed E-state index contributed by atoms with van der Waals surface area (Å²) in [5, 5.41) is 7.34. The third kappa shape index (κ3) is 5.64. The molecule has 1 aromatic carbocycles. The minimum absolute atomic E-state index is 0.0260. The van der Waals surface area contributed by atoms with Crippen LogP contribution < -0.4 is 14.8 Å². The molecule has 2 heterocycles. The maximum atomic E-state index is 12.6. The van der Waals surface area contributed by atoms with Crippen LogP contribution in [0.5, 0.6) is 11.5 Å². The average molecular weight is 457 g/mol. The number of amides is 1. The van der Waals surface area contributed by atoms with E-state index in [-0.39, 0.29) is 11.8 Å². The highest BCUT2D eigenvalue weighted by atomic mass is 35.5. The monoisotopic (exact) mass is 456 g/mol. The number of benzene rings is 1. The maximum absolute atomic E-state index is 12.6. The molecule has 8 nitrogen and oxygen atoms in total. The van der Waals surface area contributed by atoms with Gasteiger partial charge in [-0.05, 0) is 48.7 Å². The van der Waals surface area contributed by atoms with Gasteiger partial charge in [0.2, 0.25) is 17.6 Å². The van der Waals surface area contributed by atoms with E-state index in [0.717, 1.165) is 5.56 Å². The highest BCUT2D eigenvalue weighted by Gasteiger charge is 2.24. The van der Waals surface area contributed by atoms with Crippen molar-refractivity contribution in [3.8, 4) is 22.9 Å². The van der Waals surface area contributed by atoms with Gasteiger partial charge in [0.15, 0.2) is 11.5 Å². The van der Waals surface area contributed by atoms with Crippen molar-refractivity contribution < 1.29 is 18.8 Å². The zero-order chi connectivity index (χ0) is 23.1. The first-order chi connectivity index (χ1) is 15.4. The van der Waals surface area contributed by atoms with Crippen LogP contribution in [0.25, 0.3) is 17.5 Å². The lowest BCUT2D eigenvalue weighted by Crippen LogP contribution is -2.30. The van der Waals surface area contributed by atoms with Crippen molar-refractivity contribution in [1.82, 2.24) is 20.4 Å². The van der Waals surface area contributed by atoms with Gasteiger partial charge in [-0.25, -0.2) is 0 Å². The molecule has 0 radical (unpaired) electrons. The van der Waals surface area contributed by atoms with Crippen LogP contribution in [-0.4, -0.2) is 34.7 Å². The number of hydrogen-bond acceptors (Lipinski definition) is 7. The predicted molar refractivity (Wildman–Crippen MR) is 121 cm³/mol. The Morgan fingerprint density at radius 3 is 2.69 bits per heavy atom. The third-order valence-electron chi connectivity index (χ3n) is 4.57. The van der Waals surface area contributed by atoms with Gasteiger partial charge < -0.3 is 19.3 Å². The molecule has 168 valence electrons. The predicted octanol–water partition coefficient (Wildman–Crippen LogP) is 4.72. The Labute approximate surface area is 191 Å². The van der Waals surface area contributed by atoms with E-state index in [1.165, 1.54) is 13.2 Å². The first-order valence-corrected chi connectivity index (χ1v) is 10.5. The number of hydrogen-bond donors (Lipinski definition) is 1. The summed E-state index contributed by atoms with van der Waals surface area (Å²) in [7, 11) is 1.52. The number of pyridine rings is 1. The van der Waals surface area contributed by atoms with Crippen LogP contribution in [0, 0.1) is 5.92 Å². The normalized spacial score (nSPS) is 12.2. The largest absolute Gasteiger partial charge is 0.491 e. The van der Waals surface area contributed by atoms with Gasteiger partial charge in [-0.3, -0.25) is 9.78 Å². The topological polar surface area (TPSA) is 99.4 Å². The fourth-order valence-corrected chi connectivity index (χ4v) is 3.31. The number of nitrogens with zero attached hydrogens (tertiary/aromatic N) is 3. The van der Waals surface area contributed by atoms with Crippen LogP contribution >= 0.6 is 11.6 Å². The van der Waals surface area contributed by atoms with Crippen LogP contribution in [0.2, 0.25) is 5.02 Å². The molecule has 0 bridgehead atoms. The molecule has 0 fully saturated rings. The Balaban J connectivity index is 1.75. The summed E-state index contributed by atoms with van der Waals surface area (Å²) < 4.78 is 16.3. The molecular weight excluding hydrogens is 432 g/mol. The van der Waals surface area contributed by atoms with Gasteiger partial charge in [-0.1, -0.05) is 30.6 Å². The Kier molecular flexibility index (Phi) is 7.83. The van der Waals surface area contributed by atoms with Crippen LogP contribution in [0.15, 0.2) is 47.3 Å². The van der Waals surface area contributed by atoms with E-state index in [4.69, 9.17) is 25.6 Å². The number of halogens is 1. The van der Waals surface area contributed by atoms with Gasteiger partial charge in [-0.2, -0.15) is 4.98 Å². The van der Waals surface area contributed by atoms with Crippen molar-refractivity contribution in [2.75, 3.05) is 13.7 Å². The van der Waals surface area contributed by atoms with Crippen LogP contribution in [0.3, 0.4) is 0 Å². The summed E-state index contributed by atoms with van der Waals surface area (Å²) in [6, 6.07) is 6.59. The highest BCUT2D eigenvalue weighted by Crippen LogP contribution is 2.36. The Hall–Kier alpha value is -3.39. The first kappa shape index (κ1) is 23.3. The molecule has 3 aromatic rings. The van der Waals surface area contributed by atoms with Gasteiger partial charge in [0.25, 0.3) is 0 Å². The molecule has 0 spiro atoms. The summed E-state index contributed by atoms with van der Waals surface area (Å²) in [5.41, 5.74) is 1.48. The fourth-order valence-electron chi connectivity index (χ4n) is 3.01. The van der Waals surface area contributed by atoms with Gasteiger partial charge in [-0.15, -0.1) is 0 Å². The van der Waals surface area contributed by atoms with E-state index in [1.807, 2.05) is 20.8 Å². The van der Waals surface area contributed by atoms with E-state index in [1.54, 1.807) is 42.7 Å². The maximum Gasteiger partial charge on any atom is 0.249 e. The minimum Gasteiger partial charge on any atom is -0.491 e. The lowest BCUT2D eigenvalue weighted by molar-refractivity contribution is -0.117. The lowest BCUT2D eigenvalue weighted by Gasteiger charge is -2.17. The summed E-state index contributed by atoms with van der Waals surface area (Å²) in [5.74, 6) is 1.46. The average Bonchev–Trinajstić information content (AvgIpc) is 3.26. The van der Waals surface area contributed by atoms with E-state index in [2.05, 4.69) is 20.4 Å². The second kappa shape index (κ2) is 10.8. The summed E-state index contributed by atoms with van der Waals surface area (Å²) >= 11 is 6.27. The van der Waals surface area contributed by atoms with Crippen molar-refractivity contribution in [2.45, 2.75) is 26.8 Å². The lowest BCUT2D eigenvalue weighted by atomic mass is 10.0. The molecule has 1 atom stereocenters. The standard InChI is InChI=1S/C23H25ClN4O4/c1-5-31-18-13-15(12-17(24)21(18)30-4)6-7-19(29)26-20(14(2)3)23-27-22(28-32-23)16-8-10-25-11-9-16/h6-14,20H,5H2,1-4H3,(H,26,29). The molecule has 0 aliphatic carbocycles. The molecule has 1 N–H and O–H groups in total. The van der Waals surface area contributed by atoms with Gasteiger partial charge in [0, 0.05) is 24.0 Å². The molecule has 0 saturated heterocycles. The van der Waals surface area contributed by atoms with Crippen LogP contribution in [0.4, 0.5) is 0 Å². The van der Waals surface area contributed by atoms with Gasteiger partial charge >= 0.3 is 0 Å². The molecule has 32 heavy (non-hydrogen) atoms. The second-order valence-electron chi connectivity index (χ2n) is 7.22. The SMILES string of the molecule is CCOc1cc(C=CC(=O)NC(c2nc(-c3ccncc3)no2)C(C)C)cc(Cl)c1OC.